The molecule has 3 rings (SSSR count). The van der Waals surface area contributed by atoms with Gasteiger partial charge in [0.15, 0.2) is 5.96 Å². The molecule has 1 aromatic carbocycles. The molecule has 0 amide bonds. The van der Waals surface area contributed by atoms with Crippen LogP contribution in [0, 0.1) is 0 Å². The van der Waals surface area contributed by atoms with E-state index in [4.69, 9.17) is 0 Å². The van der Waals surface area contributed by atoms with E-state index in [2.05, 4.69) is 56.9 Å². The molecule has 0 aliphatic rings. The van der Waals surface area contributed by atoms with Crippen LogP contribution in [-0.2, 0) is 25.9 Å². The van der Waals surface area contributed by atoms with Gasteiger partial charge in [-0.05, 0) is 23.6 Å². The highest BCUT2D eigenvalue weighted by Crippen LogP contribution is 2.13. The second-order valence-corrected chi connectivity index (χ2v) is 7.35. The summed E-state index contributed by atoms with van der Waals surface area (Å²) in [5.74, 6) is 0.802. The van der Waals surface area contributed by atoms with Crippen LogP contribution in [0.2, 0.25) is 0 Å². The van der Waals surface area contributed by atoms with Gasteiger partial charge in [-0.3, -0.25) is 9.67 Å². The number of hydrogen-bond acceptors (Lipinski definition) is 4. The molecule has 0 aliphatic carbocycles. The average Bonchev–Trinajstić information content (AvgIpc) is 3.37. The summed E-state index contributed by atoms with van der Waals surface area (Å²) in [6.45, 7) is 4.45. The van der Waals surface area contributed by atoms with E-state index in [9.17, 15) is 0 Å². The van der Waals surface area contributed by atoms with Crippen LogP contribution in [0.5, 0.6) is 0 Å². The van der Waals surface area contributed by atoms with Crippen molar-refractivity contribution in [3.63, 3.8) is 0 Å². The molecule has 0 fully saturated rings. The largest absolute Gasteiger partial charge is 0.356 e. The summed E-state index contributed by atoms with van der Waals surface area (Å²) in [5.41, 5.74) is 2.49. The van der Waals surface area contributed by atoms with Crippen molar-refractivity contribution >= 4 is 41.3 Å². The zero-order valence-electron chi connectivity index (χ0n) is 16.3. The fourth-order valence-corrected chi connectivity index (χ4v) is 3.63. The molecule has 8 heteroatoms. The second kappa shape index (κ2) is 11.8. The second-order valence-electron chi connectivity index (χ2n) is 6.15. The normalized spacial score (nSPS) is 11.1. The van der Waals surface area contributed by atoms with Crippen molar-refractivity contribution in [2.24, 2.45) is 4.99 Å². The molecule has 0 unspecified atom stereocenters. The van der Waals surface area contributed by atoms with E-state index in [0.717, 1.165) is 31.9 Å². The first-order valence-electron chi connectivity index (χ1n) is 9.20. The molecule has 2 aromatic heterocycles. The highest BCUT2D eigenvalue weighted by atomic mass is 127. The quantitative estimate of drug-likeness (QED) is 0.277. The number of guanidine groups is 1. The molecule has 2 N–H and O–H groups in total. The molecule has 0 bridgehead atoms. The van der Waals surface area contributed by atoms with Crippen molar-refractivity contribution < 1.29 is 0 Å². The van der Waals surface area contributed by atoms with Crippen LogP contribution in [-0.4, -0.2) is 34.3 Å². The monoisotopic (exact) mass is 510 g/mol. The lowest BCUT2D eigenvalue weighted by Gasteiger charge is -2.14. The number of thiazole rings is 1. The molecular weight excluding hydrogens is 483 g/mol. The van der Waals surface area contributed by atoms with Gasteiger partial charge in [-0.15, -0.1) is 35.3 Å². The molecule has 0 spiro atoms. The van der Waals surface area contributed by atoms with Crippen LogP contribution in [0.3, 0.4) is 0 Å². The topological polar surface area (TPSA) is 67.1 Å². The van der Waals surface area contributed by atoms with Gasteiger partial charge in [-0.25, -0.2) is 4.98 Å². The molecule has 6 nitrogen and oxygen atoms in total. The third kappa shape index (κ3) is 6.59. The van der Waals surface area contributed by atoms with E-state index >= 15 is 0 Å². The molecule has 0 saturated heterocycles. The Labute approximate surface area is 187 Å². The molecular formula is C20H27IN6S. The lowest BCUT2D eigenvalue weighted by molar-refractivity contribution is 0.677. The van der Waals surface area contributed by atoms with Gasteiger partial charge in [-0.2, -0.15) is 5.10 Å². The number of aryl methyl sites for hydroxylation is 1. The lowest BCUT2D eigenvalue weighted by Crippen LogP contribution is -2.38. The van der Waals surface area contributed by atoms with Gasteiger partial charge in [0, 0.05) is 50.0 Å². The van der Waals surface area contributed by atoms with Gasteiger partial charge < -0.3 is 10.6 Å². The molecule has 150 valence electrons. The maximum Gasteiger partial charge on any atom is 0.191 e. The molecule has 0 saturated carbocycles. The van der Waals surface area contributed by atoms with E-state index in [-0.39, 0.29) is 24.0 Å². The Morgan fingerprint density at radius 2 is 2.00 bits per heavy atom. The first kappa shape index (κ1) is 22.4. The average molecular weight is 510 g/mol. The number of aromatic nitrogens is 3. The summed E-state index contributed by atoms with van der Waals surface area (Å²) in [7, 11) is 1.80. The fourth-order valence-electron chi connectivity index (χ4n) is 2.77. The lowest BCUT2D eigenvalue weighted by atomic mass is 10.1. The number of aliphatic imine (C=N–C) groups is 1. The molecule has 2 heterocycles. The Bertz CT molecular complexity index is 859. The minimum Gasteiger partial charge on any atom is -0.356 e. The van der Waals surface area contributed by atoms with E-state index in [1.807, 2.05) is 23.1 Å². The summed E-state index contributed by atoms with van der Waals surface area (Å²) in [4.78, 5) is 10.1. The van der Waals surface area contributed by atoms with Crippen LogP contribution in [0.4, 0.5) is 0 Å². The Morgan fingerprint density at radius 3 is 2.68 bits per heavy atom. The van der Waals surface area contributed by atoms with Gasteiger partial charge in [0.2, 0.25) is 0 Å². The first-order chi connectivity index (χ1) is 13.3. The molecule has 28 heavy (non-hydrogen) atoms. The summed E-state index contributed by atoms with van der Waals surface area (Å²) >= 11 is 1.79. The van der Waals surface area contributed by atoms with Crippen molar-refractivity contribution in [2.45, 2.75) is 32.9 Å². The first-order valence-corrected chi connectivity index (χ1v) is 10.0. The third-order valence-corrected chi connectivity index (χ3v) is 5.46. The Morgan fingerprint density at radius 1 is 1.18 bits per heavy atom. The van der Waals surface area contributed by atoms with Crippen molar-refractivity contribution in [3.05, 3.63) is 69.9 Å². The minimum atomic E-state index is 0. The fraction of sp³-hybridized carbons (Fsp3) is 0.350. The van der Waals surface area contributed by atoms with Crippen LogP contribution < -0.4 is 10.6 Å². The van der Waals surface area contributed by atoms with Crippen molar-refractivity contribution in [2.75, 3.05) is 13.6 Å². The zero-order valence-corrected chi connectivity index (χ0v) is 19.4. The molecule has 0 radical (unpaired) electrons. The molecule has 0 atom stereocenters. The highest BCUT2D eigenvalue weighted by molar-refractivity contribution is 14.0. The Kier molecular flexibility index (Phi) is 9.42. The summed E-state index contributed by atoms with van der Waals surface area (Å²) in [6, 6.07) is 10.4. The van der Waals surface area contributed by atoms with Gasteiger partial charge in [0.05, 0.1) is 11.6 Å². The van der Waals surface area contributed by atoms with Gasteiger partial charge in [-0.1, -0.05) is 31.2 Å². The zero-order chi connectivity index (χ0) is 18.9. The summed E-state index contributed by atoms with van der Waals surface area (Å²) in [6.07, 6.45) is 7.71. The van der Waals surface area contributed by atoms with Crippen LogP contribution >= 0.6 is 35.3 Å². The van der Waals surface area contributed by atoms with Crippen LogP contribution in [0.25, 0.3) is 0 Å². The molecule has 3 aromatic rings. The van der Waals surface area contributed by atoms with Crippen molar-refractivity contribution in [1.29, 1.82) is 0 Å². The Hall–Kier alpha value is -1.94. The summed E-state index contributed by atoms with van der Waals surface area (Å²) < 4.78 is 1.94. The van der Waals surface area contributed by atoms with Gasteiger partial charge >= 0.3 is 0 Å². The van der Waals surface area contributed by atoms with E-state index < -0.39 is 0 Å². The van der Waals surface area contributed by atoms with Gasteiger partial charge in [0.25, 0.3) is 0 Å². The number of hydrogen-bond donors (Lipinski definition) is 2. The number of nitrogens with one attached hydrogen (secondary N) is 2. The van der Waals surface area contributed by atoms with Crippen LogP contribution in [0.1, 0.15) is 27.9 Å². The van der Waals surface area contributed by atoms with E-state index in [0.29, 0.717) is 6.54 Å². The smallest absolute Gasteiger partial charge is 0.191 e. The van der Waals surface area contributed by atoms with Gasteiger partial charge in [0.1, 0.15) is 0 Å². The number of rotatable bonds is 8. The van der Waals surface area contributed by atoms with Crippen molar-refractivity contribution in [3.8, 4) is 0 Å². The predicted octanol–water partition coefficient (Wildman–Crippen LogP) is 3.48. The number of halogens is 1. The maximum absolute atomic E-state index is 4.46. The summed E-state index contributed by atoms with van der Waals surface area (Å²) in [5, 5.41) is 12.2. The van der Waals surface area contributed by atoms with E-state index in [1.54, 1.807) is 24.6 Å². The van der Waals surface area contributed by atoms with E-state index in [1.165, 1.54) is 21.0 Å². The SMILES string of the molecule is CCc1cnc(CCNC(=NC)NCc2ccccc2Cn2cccn2)s1.I. The van der Waals surface area contributed by atoms with Crippen molar-refractivity contribution in [1.82, 2.24) is 25.4 Å². The third-order valence-electron chi connectivity index (χ3n) is 4.26. The number of nitrogens with zero attached hydrogens (tertiary/aromatic N) is 4. The Balaban J connectivity index is 0.00000280. The predicted molar refractivity (Wildman–Crippen MR) is 127 cm³/mol. The van der Waals surface area contributed by atoms with Crippen LogP contribution in [0.15, 0.2) is 53.9 Å². The standard InChI is InChI=1S/C20H26N6S.HI/c1-3-18-14-23-19(27-18)9-11-22-20(21-2)24-13-16-7-4-5-8-17(16)15-26-12-6-10-25-26;/h4-8,10,12,14H,3,9,11,13,15H2,1-2H3,(H2,21,22,24);1H. The number of benzene rings is 1. The molecule has 0 aliphatic heterocycles. The minimum absolute atomic E-state index is 0. The maximum atomic E-state index is 4.46. The highest BCUT2D eigenvalue weighted by Gasteiger charge is 2.05.